The molecule has 2 saturated heterocycles. The normalized spacial score (nSPS) is 22.7. The average molecular weight is 333 g/mol. The molecule has 1 atom stereocenters. The van der Waals surface area contributed by atoms with Crippen molar-refractivity contribution in [3.63, 3.8) is 0 Å². The molecule has 0 radical (unpaired) electrons. The van der Waals surface area contributed by atoms with Gasteiger partial charge in [0.2, 0.25) is 11.8 Å². The molecule has 5 nitrogen and oxygen atoms in total. The Kier molecular flexibility index (Phi) is 5.23. The van der Waals surface area contributed by atoms with E-state index in [2.05, 4.69) is 41.8 Å². The molecule has 124 valence electrons. The molecule has 0 aliphatic carbocycles. The van der Waals surface area contributed by atoms with Gasteiger partial charge in [0.15, 0.2) is 0 Å². The molecule has 3 rings (SSSR count). The largest absolute Gasteiger partial charge is 0.342 e. The van der Waals surface area contributed by atoms with Gasteiger partial charge in [-0.3, -0.25) is 9.59 Å². The highest BCUT2D eigenvalue weighted by molar-refractivity contribution is 8.00. The number of piperidine rings is 1. The van der Waals surface area contributed by atoms with Crippen molar-refractivity contribution in [1.29, 1.82) is 0 Å². The molecule has 0 saturated carbocycles. The number of thioether (sulfide) groups is 1. The lowest BCUT2D eigenvalue weighted by atomic mass is 10.1. The fourth-order valence-electron chi connectivity index (χ4n) is 3.00. The molecular weight excluding hydrogens is 310 g/mol. The standard InChI is InChI=1S/C17H23N3O2S/c1-12-2-4-13(5-3-12)23-14-6-8-20(9-7-14)17(22)15-10-18-11-16(21)19-15/h2-5,14-15,18H,6-11H2,1H3,(H,19,21)/t15-/m0/s1. The Morgan fingerprint density at radius 2 is 1.91 bits per heavy atom. The summed E-state index contributed by atoms with van der Waals surface area (Å²) in [5, 5.41) is 6.32. The topological polar surface area (TPSA) is 61.4 Å². The molecule has 1 aromatic rings. The number of carbonyl (C=O) groups excluding carboxylic acids is 2. The minimum absolute atomic E-state index is 0.0457. The maximum absolute atomic E-state index is 12.5. The summed E-state index contributed by atoms with van der Waals surface area (Å²) in [6, 6.07) is 8.21. The molecule has 0 aromatic heterocycles. The van der Waals surface area contributed by atoms with Crippen LogP contribution in [0.2, 0.25) is 0 Å². The molecule has 2 amide bonds. The molecule has 6 heteroatoms. The van der Waals surface area contributed by atoms with Gasteiger partial charge in [-0.1, -0.05) is 17.7 Å². The van der Waals surface area contributed by atoms with Crippen molar-refractivity contribution in [3.05, 3.63) is 29.8 Å². The number of nitrogens with zero attached hydrogens (tertiary/aromatic N) is 1. The van der Waals surface area contributed by atoms with Crippen molar-refractivity contribution in [3.8, 4) is 0 Å². The first-order chi connectivity index (χ1) is 11.1. The van der Waals surface area contributed by atoms with Crippen molar-refractivity contribution >= 4 is 23.6 Å². The van der Waals surface area contributed by atoms with Crippen molar-refractivity contribution in [2.75, 3.05) is 26.2 Å². The van der Waals surface area contributed by atoms with Crippen molar-refractivity contribution < 1.29 is 9.59 Å². The van der Waals surface area contributed by atoms with E-state index in [-0.39, 0.29) is 11.8 Å². The molecule has 2 heterocycles. The summed E-state index contributed by atoms with van der Waals surface area (Å²) < 4.78 is 0. The first-order valence-corrected chi connectivity index (χ1v) is 9.02. The number of hydrogen-bond donors (Lipinski definition) is 2. The van der Waals surface area contributed by atoms with Gasteiger partial charge in [-0.2, -0.15) is 0 Å². The van der Waals surface area contributed by atoms with Gasteiger partial charge in [0.05, 0.1) is 6.54 Å². The molecule has 0 unspecified atom stereocenters. The van der Waals surface area contributed by atoms with E-state index in [0.29, 0.717) is 18.3 Å². The van der Waals surface area contributed by atoms with Crippen LogP contribution in [0.1, 0.15) is 18.4 Å². The molecule has 1 aromatic carbocycles. The van der Waals surface area contributed by atoms with Gasteiger partial charge in [0, 0.05) is 29.8 Å². The predicted octanol–water partition coefficient (Wildman–Crippen LogP) is 1.17. The van der Waals surface area contributed by atoms with Gasteiger partial charge in [-0.05, 0) is 31.9 Å². The van der Waals surface area contributed by atoms with Crippen LogP contribution < -0.4 is 10.6 Å². The third kappa shape index (κ3) is 4.26. The van der Waals surface area contributed by atoms with Crippen LogP contribution in [0.5, 0.6) is 0 Å². The smallest absolute Gasteiger partial charge is 0.246 e. The number of rotatable bonds is 3. The van der Waals surface area contributed by atoms with Crippen LogP contribution in [0.3, 0.4) is 0 Å². The fraction of sp³-hybridized carbons (Fsp3) is 0.529. The zero-order valence-corrected chi connectivity index (χ0v) is 14.2. The van der Waals surface area contributed by atoms with E-state index in [1.165, 1.54) is 10.5 Å². The SMILES string of the molecule is Cc1ccc(SC2CCN(C(=O)[C@@H]3CNCC(=O)N3)CC2)cc1. The van der Waals surface area contributed by atoms with E-state index in [1.54, 1.807) is 0 Å². The number of aryl methyl sites for hydroxylation is 1. The average Bonchev–Trinajstić information content (AvgIpc) is 2.57. The van der Waals surface area contributed by atoms with Crippen LogP contribution in [0, 0.1) is 6.92 Å². The zero-order valence-electron chi connectivity index (χ0n) is 13.4. The van der Waals surface area contributed by atoms with Crippen LogP contribution in [0.25, 0.3) is 0 Å². The molecule has 0 spiro atoms. The van der Waals surface area contributed by atoms with Crippen molar-refractivity contribution in [2.45, 2.75) is 36.0 Å². The number of piperazine rings is 1. The molecule has 2 N–H and O–H groups in total. The number of likely N-dealkylation sites (tertiary alicyclic amines) is 1. The minimum atomic E-state index is -0.405. The minimum Gasteiger partial charge on any atom is -0.342 e. The first-order valence-electron chi connectivity index (χ1n) is 8.14. The summed E-state index contributed by atoms with van der Waals surface area (Å²) in [5.41, 5.74) is 1.28. The second-order valence-corrected chi connectivity index (χ2v) is 7.58. The predicted molar refractivity (Wildman–Crippen MR) is 91.4 cm³/mol. The lowest BCUT2D eigenvalue weighted by Crippen LogP contribution is -2.59. The molecule has 2 fully saturated rings. The Morgan fingerprint density at radius 1 is 1.22 bits per heavy atom. The van der Waals surface area contributed by atoms with Gasteiger partial charge in [-0.25, -0.2) is 0 Å². The van der Waals surface area contributed by atoms with Gasteiger partial charge >= 0.3 is 0 Å². The van der Waals surface area contributed by atoms with E-state index < -0.39 is 6.04 Å². The fourth-order valence-corrected chi connectivity index (χ4v) is 4.12. The maximum Gasteiger partial charge on any atom is 0.246 e. The van der Waals surface area contributed by atoms with Crippen LogP contribution in [0.15, 0.2) is 29.2 Å². The third-order valence-corrected chi connectivity index (χ3v) is 5.69. The number of amides is 2. The van der Waals surface area contributed by atoms with E-state index in [0.717, 1.165) is 25.9 Å². The summed E-state index contributed by atoms with van der Waals surface area (Å²) in [7, 11) is 0. The second-order valence-electron chi connectivity index (χ2n) is 6.21. The summed E-state index contributed by atoms with van der Waals surface area (Å²) in [6.07, 6.45) is 2.00. The van der Waals surface area contributed by atoms with Crippen LogP contribution in [-0.2, 0) is 9.59 Å². The van der Waals surface area contributed by atoms with Crippen LogP contribution >= 0.6 is 11.8 Å². The lowest BCUT2D eigenvalue weighted by Gasteiger charge is -2.35. The lowest BCUT2D eigenvalue weighted by molar-refractivity contribution is -0.138. The number of hydrogen-bond acceptors (Lipinski definition) is 4. The Labute approximate surface area is 141 Å². The Hall–Kier alpha value is -1.53. The van der Waals surface area contributed by atoms with E-state index in [1.807, 2.05) is 16.7 Å². The number of benzene rings is 1. The number of nitrogens with one attached hydrogen (secondary N) is 2. The van der Waals surface area contributed by atoms with Gasteiger partial charge in [-0.15, -0.1) is 11.8 Å². The van der Waals surface area contributed by atoms with Crippen molar-refractivity contribution in [1.82, 2.24) is 15.5 Å². The molecule has 2 aliphatic heterocycles. The Balaban J connectivity index is 1.49. The Bertz CT molecular complexity index is 568. The highest BCUT2D eigenvalue weighted by atomic mass is 32.2. The van der Waals surface area contributed by atoms with Crippen LogP contribution in [-0.4, -0.2) is 54.2 Å². The summed E-state index contributed by atoms with van der Waals surface area (Å²) in [4.78, 5) is 27.0. The van der Waals surface area contributed by atoms with Crippen molar-refractivity contribution in [2.24, 2.45) is 0 Å². The number of carbonyl (C=O) groups is 2. The van der Waals surface area contributed by atoms with Gasteiger partial charge in [0.1, 0.15) is 6.04 Å². The third-order valence-electron chi connectivity index (χ3n) is 4.34. The van der Waals surface area contributed by atoms with E-state index in [4.69, 9.17) is 0 Å². The molecular formula is C17H23N3O2S. The maximum atomic E-state index is 12.5. The molecule has 0 bridgehead atoms. The zero-order chi connectivity index (χ0) is 16.2. The van der Waals surface area contributed by atoms with Gasteiger partial charge < -0.3 is 15.5 Å². The highest BCUT2D eigenvalue weighted by Crippen LogP contribution is 2.30. The highest BCUT2D eigenvalue weighted by Gasteiger charge is 2.31. The molecule has 2 aliphatic rings. The first kappa shape index (κ1) is 16.3. The van der Waals surface area contributed by atoms with Gasteiger partial charge in [0.25, 0.3) is 0 Å². The monoisotopic (exact) mass is 333 g/mol. The second kappa shape index (κ2) is 7.36. The summed E-state index contributed by atoms with van der Waals surface area (Å²) in [6.45, 7) is 4.47. The molecule has 23 heavy (non-hydrogen) atoms. The van der Waals surface area contributed by atoms with E-state index >= 15 is 0 Å². The Morgan fingerprint density at radius 3 is 2.57 bits per heavy atom. The summed E-state index contributed by atoms with van der Waals surface area (Å²) >= 11 is 1.90. The van der Waals surface area contributed by atoms with E-state index in [9.17, 15) is 9.59 Å². The quantitative estimate of drug-likeness (QED) is 0.872. The summed E-state index contributed by atoms with van der Waals surface area (Å²) in [5.74, 6) is -0.0521. The van der Waals surface area contributed by atoms with Crippen LogP contribution in [0.4, 0.5) is 0 Å².